The molecule has 6 nitrogen and oxygen atoms in total. The zero-order valence-electron chi connectivity index (χ0n) is 18.9. The van der Waals surface area contributed by atoms with E-state index in [9.17, 15) is 9.59 Å². The van der Waals surface area contributed by atoms with Crippen molar-refractivity contribution in [1.82, 2.24) is 19.2 Å². The minimum absolute atomic E-state index is 0.0182. The third kappa shape index (κ3) is 3.90. The van der Waals surface area contributed by atoms with Crippen molar-refractivity contribution in [2.45, 2.75) is 31.3 Å². The second-order valence-corrected chi connectivity index (χ2v) is 11.3. The molecule has 0 fully saturated rings. The topological polar surface area (TPSA) is 69.3 Å². The van der Waals surface area contributed by atoms with Crippen LogP contribution in [0.25, 0.3) is 21.7 Å². The minimum Gasteiger partial charge on any atom is -0.293 e. The molecule has 0 saturated carbocycles. The molecule has 0 saturated heterocycles. The standard InChI is InChI=1S/C26H21ClN4O2S2/c1-15-7-12-19-21(13-15)35-24-22(19)23(33)30(18-5-3-2-4-6-18)25-28-29-26(31(24)25)34-14-20(32)16-8-10-17(27)11-9-16/h2-6,8-11,15H,7,12-14H2,1H3. The molecule has 5 aromatic rings. The maximum absolute atomic E-state index is 13.9. The highest BCUT2D eigenvalue weighted by Gasteiger charge is 2.27. The number of aromatic nitrogens is 4. The summed E-state index contributed by atoms with van der Waals surface area (Å²) in [7, 11) is 0. The van der Waals surface area contributed by atoms with Crippen molar-refractivity contribution in [2.24, 2.45) is 5.92 Å². The van der Waals surface area contributed by atoms with Crippen molar-refractivity contribution in [3.8, 4) is 5.69 Å². The molecular weight excluding hydrogens is 500 g/mol. The second-order valence-electron chi connectivity index (χ2n) is 8.84. The Hall–Kier alpha value is -2.94. The number of Topliss-reactive ketones (excluding diaryl/α,β-unsaturated/α-hetero) is 1. The zero-order chi connectivity index (χ0) is 24.1. The summed E-state index contributed by atoms with van der Waals surface area (Å²) in [5, 5.41) is 10.8. The lowest BCUT2D eigenvalue weighted by Gasteiger charge is -2.17. The Kier molecular flexibility index (Phi) is 5.75. The van der Waals surface area contributed by atoms with Gasteiger partial charge in [0.15, 0.2) is 10.9 Å². The van der Waals surface area contributed by atoms with Gasteiger partial charge in [0.1, 0.15) is 4.83 Å². The first-order valence-electron chi connectivity index (χ1n) is 11.4. The van der Waals surface area contributed by atoms with Gasteiger partial charge in [-0.2, -0.15) is 0 Å². The van der Waals surface area contributed by atoms with Gasteiger partial charge in [0.2, 0.25) is 5.78 Å². The molecule has 0 bridgehead atoms. The first-order valence-corrected chi connectivity index (χ1v) is 13.6. The highest BCUT2D eigenvalue weighted by Crippen LogP contribution is 2.38. The lowest BCUT2D eigenvalue weighted by Crippen LogP contribution is -2.22. The number of hydrogen-bond acceptors (Lipinski definition) is 6. The molecule has 0 radical (unpaired) electrons. The van der Waals surface area contributed by atoms with Crippen molar-refractivity contribution in [3.05, 3.63) is 86.0 Å². The number of benzene rings is 2. The van der Waals surface area contributed by atoms with E-state index in [0.717, 1.165) is 40.7 Å². The molecule has 176 valence electrons. The van der Waals surface area contributed by atoms with E-state index in [4.69, 9.17) is 11.6 Å². The number of hydrogen-bond donors (Lipinski definition) is 0. The highest BCUT2D eigenvalue weighted by molar-refractivity contribution is 7.99. The minimum atomic E-state index is -0.0630. The van der Waals surface area contributed by atoms with Gasteiger partial charge in [-0.25, -0.2) is 8.97 Å². The number of ketones is 1. The first kappa shape index (κ1) is 22.5. The van der Waals surface area contributed by atoms with Gasteiger partial charge in [0, 0.05) is 15.5 Å². The Morgan fingerprint density at radius 2 is 1.91 bits per heavy atom. The Labute approximate surface area is 214 Å². The van der Waals surface area contributed by atoms with Gasteiger partial charge in [0.05, 0.1) is 16.8 Å². The first-order chi connectivity index (χ1) is 17.0. The average molecular weight is 521 g/mol. The van der Waals surface area contributed by atoms with E-state index in [-0.39, 0.29) is 17.1 Å². The molecule has 2 aromatic carbocycles. The number of rotatable bonds is 5. The molecule has 0 N–H and O–H groups in total. The zero-order valence-corrected chi connectivity index (χ0v) is 21.3. The number of para-hydroxylation sites is 1. The molecule has 1 atom stereocenters. The molecule has 0 spiro atoms. The molecule has 3 heterocycles. The van der Waals surface area contributed by atoms with E-state index in [1.54, 1.807) is 40.2 Å². The molecule has 0 aliphatic heterocycles. The molecule has 35 heavy (non-hydrogen) atoms. The third-order valence-corrected chi connectivity index (χ3v) is 8.86. The van der Waals surface area contributed by atoms with Crippen LogP contribution < -0.4 is 5.56 Å². The van der Waals surface area contributed by atoms with Gasteiger partial charge in [-0.15, -0.1) is 21.5 Å². The molecule has 6 rings (SSSR count). The van der Waals surface area contributed by atoms with Crippen LogP contribution in [-0.2, 0) is 12.8 Å². The predicted octanol–water partition coefficient (Wildman–Crippen LogP) is 5.85. The van der Waals surface area contributed by atoms with Gasteiger partial charge < -0.3 is 0 Å². The van der Waals surface area contributed by atoms with E-state index in [1.807, 2.05) is 34.7 Å². The van der Waals surface area contributed by atoms with Crippen LogP contribution in [-0.4, -0.2) is 30.7 Å². The Morgan fingerprint density at radius 1 is 1.14 bits per heavy atom. The normalized spacial score (nSPS) is 15.5. The van der Waals surface area contributed by atoms with Gasteiger partial charge in [-0.3, -0.25) is 9.59 Å². The molecule has 9 heteroatoms. The molecule has 1 aliphatic rings. The van der Waals surface area contributed by atoms with Crippen molar-refractivity contribution in [2.75, 3.05) is 5.75 Å². The summed E-state index contributed by atoms with van der Waals surface area (Å²) >= 11 is 8.95. The number of carbonyl (C=O) groups excluding carboxylic acids is 1. The van der Waals surface area contributed by atoms with Crippen molar-refractivity contribution in [1.29, 1.82) is 0 Å². The van der Waals surface area contributed by atoms with E-state index in [2.05, 4.69) is 17.1 Å². The number of thioether (sulfide) groups is 1. The smallest absolute Gasteiger partial charge is 0.268 e. The van der Waals surface area contributed by atoms with E-state index in [1.165, 1.54) is 16.6 Å². The largest absolute Gasteiger partial charge is 0.293 e. The lowest BCUT2D eigenvalue weighted by molar-refractivity contribution is 0.102. The SMILES string of the molecule is CC1CCc2c(sc3c2c(=O)n(-c2ccccc2)c2nnc(SCC(=O)c4ccc(Cl)cc4)n32)C1. The number of carbonyl (C=O) groups is 1. The van der Waals surface area contributed by atoms with E-state index in [0.29, 0.717) is 27.4 Å². The van der Waals surface area contributed by atoms with Crippen LogP contribution in [0.2, 0.25) is 5.02 Å². The van der Waals surface area contributed by atoms with Gasteiger partial charge in [0.25, 0.3) is 5.56 Å². The Balaban J connectivity index is 1.52. The van der Waals surface area contributed by atoms with E-state index < -0.39 is 0 Å². The summed E-state index contributed by atoms with van der Waals surface area (Å²) in [6.45, 7) is 2.26. The predicted molar refractivity (Wildman–Crippen MR) is 142 cm³/mol. The molecule has 3 aromatic heterocycles. The fourth-order valence-corrected chi connectivity index (χ4v) is 7.17. The van der Waals surface area contributed by atoms with Gasteiger partial charge >= 0.3 is 0 Å². The Morgan fingerprint density at radius 3 is 2.69 bits per heavy atom. The molecular formula is C26H21ClN4O2S2. The van der Waals surface area contributed by atoms with Crippen molar-refractivity contribution < 1.29 is 4.79 Å². The van der Waals surface area contributed by atoms with Crippen LogP contribution in [0.1, 0.15) is 34.1 Å². The van der Waals surface area contributed by atoms with E-state index >= 15 is 0 Å². The summed E-state index contributed by atoms with van der Waals surface area (Å²) in [6, 6.07) is 16.4. The average Bonchev–Trinajstić information content (AvgIpc) is 3.45. The maximum Gasteiger partial charge on any atom is 0.268 e. The fraction of sp³-hybridized carbons (Fsp3) is 0.231. The van der Waals surface area contributed by atoms with Crippen LogP contribution >= 0.6 is 34.7 Å². The monoisotopic (exact) mass is 520 g/mol. The second kappa shape index (κ2) is 8.93. The van der Waals surface area contributed by atoms with Crippen LogP contribution in [0.3, 0.4) is 0 Å². The van der Waals surface area contributed by atoms with Crippen LogP contribution in [0, 0.1) is 5.92 Å². The highest BCUT2D eigenvalue weighted by atomic mass is 35.5. The summed E-state index contributed by atoms with van der Waals surface area (Å²) in [5.41, 5.74) is 2.44. The number of aryl methyl sites for hydroxylation is 1. The number of halogens is 1. The van der Waals surface area contributed by atoms with Gasteiger partial charge in [-0.1, -0.05) is 48.5 Å². The van der Waals surface area contributed by atoms with Gasteiger partial charge in [-0.05, 0) is 67.1 Å². The lowest BCUT2D eigenvalue weighted by atomic mass is 9.89. The summed E-state index contributed by atoms with van der Waals surface area (Å²) < 4.78 is 3.60. The molecule has 1 aliphatic carbocycles. The number of fused-ring (bicyclic) bond motifs is 5. The number of nitrogens with zero attached hydrogens (tertiary/aromatic N) is 4. The summed E-state index contributed by atoms with van der Waals surface area (Å²) in [4.78, 5) is 28.8. The fourth-order valence-electron chi connectivity index (χ4n) is 4.65. The summed E-state index contributed by atoms with van der Waals surface area (Å²) in [6.07, 6.45) is 2.94. The van der Waals surface area contributed by atoms with Crippen LogP contribution in [0.15, 0.2) is 64.5 Å². The number of thiophene rings is 1. The van der Waals surface area contributed by atoms with Crippen molar-refractivity contribution >= 4 is 56.5 Å². The molecule has 1 unspecified atom stereocenters. The third-order valence-electron chi connectivity index (χ3n) is 6.44. The summed E-state index contributed by atoms with van der Waals surface area (Å²) in [5.74, 6) is 1.24. The van der Waals surface area contributed by atoms with Crippen molar-refractivity contribution in [3.63, 3.8) is 0 Å². The molecule has 0 amide bonds. The maximum atomic E-state index is 13.9. The Bertz CT molecular complexity index is 1640. The van der Waals surface area contributed by atoms with Crippen LogP contribution in [0.4, 0.5) is 0 Å². The quantitative estimate of drug-likeness (QED) is 0.215. The van der Waals surface area contributed by atoms with Crippen LogP contribution in [0.5, 0.6) is 0 Å².